The number of hydrogen-bond donors (Lipinski definition) is 2. The van der Waals surface area contributed by atoms with Crippen molar-refractivity contribution in [2.75, 3.05) is 0 Å². The van der Waals surface area contributed by atoms with Crippen molar-refractivity contribution in [3.05, 3.63) is 42.0 Å². The van der Waals surface area contributed by atoms with Gasteiger partial charge in [0.05, 0.1) is 5.71 Å². The van der Waals surface area contributed by atoms with Gasteiger partial charge in [-0.05, 0) is 43.1 Å². The zero-order valence-corrected chi connectivity index (χ0v) is 13.8. The van der Waals surface area contributed by atoms with Gasteiger partial charge in [-0.1, -0.05) is 43.2 Å². The molecule has 0 saturated heterocycles. The van der Waals surface area contributed by atoms with E-state index in [0.717, 1.165) is 10.8 Å². The SMILES string of the molecule is C/C(=N\NC(=O)C1[C@H]2CCCC[C@H]12)c1ccc2ccccc2c1O. The molecular weight excluding hydrogens is 300 g/mol. The molecule has 0 radical (unpaired) electrons. The van der Waals surface area contributed by atoms with Crippen molar-refractivity contribution in [2.45, 2.75) is 32.6 Å². The highest BCUT2D eigenvalue weighted by atomic mass is 16.3. The molecule has 0 bridgehead atoms. The zero-order chi connectivity index (χ0) is 16.7. The van der Waals surface area contributed by atoms with Crippen LogP contribution in [-0.2, 0) is 4.79 Å². The van der Waals surface area contributed by atoms with E-state index >= 15 is 0 Å². The van der Waals surface area contributed by atoms with Crippen LogP contribution in [-0.4, -0.2) is 16.7 Å². The second-order valence-electron chi connectivity index (χ2n) is 6.99. The third-order valence-electron chi connectivity index (χ3n) is 5.58. The molecule has 4 rings (SSSR count). The first kappa shape index (κ1) is 15.2. The van der Waals surface area contributed by atoms with Crippen LogP contribution in [0.2, 0.25) is 0 Å². The summed E-state index contributed by atoms with van der Waals surface area (Å²) < 4.78 is 0. The topological polar surface area (TPSA) is 61.7 Å². The van der Waals surface area contributed by atoms with Gasteiger partial charge < -0.3 is 5.11 Å². The third-order valence-corrected chi connectivity index (χ3v) is 5.58. The number of phenolic OH excluding ortho intramolecular Hbond substituents is 1. The number of benzene rings is 2. The molecule has 0 aromatic heterocycles. The first-order valence-electron chi connectivity index (χ1n) is 8.72. The lowest BCUT2D eigenvalue weighted by Crippen LogP contribution is -2.22. The highest BCUT2D eigenvalue weighted by Gasteiger charge is 2.54. The standard InChI is InChI=1S/C20H22N2O2/c1-12(14-11-10-13-6-2-3-7-15(13)19(14)23)21-22-20(24)18-16-8-4-5-9-17(16)18/h2-3,6-7,10-11,16-18,23H,4-5,8-9H2,1H3,(H,22,24)/b21-12+/t16-,17-/m0/s1. The van der Waals surface area contributed by atoms with Gasteiger partial charge in [0.2, 0.25) is 5.91 Å². The summed E-state index contributed by atoms with van der Waals surface area (Å²) in [5.74, 6) is 1.54. The first-order chi connectivity index (χ1) is 11.7. The van der Waals surface area contributed by atoms with Gasteiger partial charge in [-0.2, -0.15) is 5.10 Å². The van der Waals surface area contributed by atoms with Crippen LogP contribution < -0.4 is 5.43 Å². The molecule has 2 saturated carbocycles. The number of carbonyl (C=O) groups excluding carboxylic acids is 1. The van der Waals surface area contributed by atoms with Crippen molar-refractivity contribution < 1.29 is 9.90 Å². The summed E-state index contributed by atoms with van der Waals surface area (Å²) in [6, 6.07) is 11.5. The number of nitrogens with one attached hydrogen (secondary N) is 1. The van der Waals surface area contributed by atoms with Crippen LogP contribution in [0, 0.1) is 17.8 Å². The number of phenols is 1. The second kappa shape index (κ2) is 5.93. The van der Waals surface area contributed by atoms with Crippen LogP contribution in [0.4, 0.5) is 0 Å². The van der Waals surface area contributed by atoms with Gasteiger partial charge in [0.15, 0.2) is 0 Å². The number of hydrazone groups is 1. The van der Waals surface area contributed by atoms with Gasteiger partial charge in [-0.3, -0.25) is 4.79 Å². The second-order valence-corrected chi connectivity index (χ2v) is 6.99. The molecule has 0 unspecified atom stereocenters. The molecule has 2 aliphatic carbocycles. The van der Waals surface area contributed by atoms with E-state index in [1.54, 1.807) is 0 Å². The largest absolute Gasteiger partial charge is 0.507 e. The lowest BCUT2D eigenvalue weighted by atomic mass is 10.0. The highest BCUT2D eigenvalue weighted by Crippen LogP contribution is 2.55. The number of nitrogens with zero attached hydrogens (tertiary/aromatic N) is 1. The Balaban J connectivity index is 1.51. The maximum atomic E-state index is 12.3. The molecule has 2 aromatic carbocycles. The Morgan fingerprint density at radius 2 is 1.83 bits per heavy atom. The minimum Gasteiger partial charge on any atom is -0.507 e. The summed E-state index contributed by atoms with van der Waals surface area (Å²) in [6.45, 7) is 1.81. The molecule has 124 valence electrons. The molecule has 4 heteroatoms. The Kier molecular flexibility index (Phi) is 3.75. The van der Waals surface area contributed by atoms with Gasteiger partial charge in [-0.15, -0.1) is 0 Å². The molecule has 0 heterocycles. The molecule has 4 nitrogen and oxygen atoms in total. The number of hydrogen-bond acceptors (Lipinski definition) is 3. The molecule has 1 amide bonds. The van der Waals surface area contributed by atoms with E-state index in [9.17, 15) is 9.90 Å². The smallest absolute Gasteiger partial charge is 0.243 e. The highest BCUT2D eigenvalue weighted by molar-refractivity contribution is 6.06. The Hall–Kier alpha value is -2.36. The Bertz CT molecular complexity index is 815. The Morgan fingerprint density at radius 3 is 2.58 bits per heavy atom. The Morgan fingerprint density at radius 1 is 1.12 bits per heavy atom. The molecule has 2 aromatic rings. The fraction of sp³-hybridized carbons (Fsp3) is 0.400. The van der Waals surface area contributed by atoms with Crippen molar-refractivity contribution in [3.63, 3.8) is 0 Å². The normalized spacial score (nSPS) is 26.0. The molecule has 24 heavy (non-hydrogen) atoms. The molecule has 2 fully saturated rings. The van der Waals surface area contributed by atoms with Crippen molar-refractivity contribution >= 4 is 22.4 Å². The molecule has 2 N–H and O–H groups in total. The number of aromatic hydroxyl groups is 1. The molecule has 0 spiro atoms. The third kappa shape index (κ3) is 2.56. The van der Waals surface area contributed by atoms with Gasteiger partial charge in [0, 0.05) is 16.9 Å². The lowest BCUT2D eigenvalue weighted by molar-refractivity contribution is -0.122. The van der Waals surface area contributed by atoms with Gasteiger partial charge in [0.25, 0.3) is 0 Å². The van der Waals surface area contributed by atoms with E-state index in [2.05, 4.69) is 10.5 Å². The van der Waals surface area contributed by atoms with Crippen LogP contribution in [0.1, 0.15) is 38.2 Å². The van der Waals surface area contributed by atoms with Crippen molar-refractivity contribution in [1.29, 1.82) is 0 Å². The van der Waals surface area contributed by atoms with Crippen LogP contribution >= 0.6 is 0 Å². The predicted octanol–water partition coefficient (Wildman–Crippen LogP) is 3.82. The summed E-state index contributed by atoms with van der Waals surface area (Å²) in [5.41, 5.74) is 3.99. The van der Waals surface area contributed by atoms with E-state index in [-0.39, 0.29) is 17.6 Å². The van der Waals surface area contributed by atoms with Crippen LogP contribution in [0.25, 0.3) is 10.8 Å². The van der Waals surface area contributed by atoms with Crippen molar-refractivity contribution in [1.82, 2.24) is 5.43 Å². The van der Waals surface area contributed by atoms with Gasteiger partial charge >= 0.3 is 0 Å². The van der Waals surface area contributed by atoms with Crippen LogP contribution in [0.15, 0.2) is 41.5 Å². The minimum absolute atomic E-state index is 0.0338. The van der Waals surface area contributed by atoms with Crippen molar-refractivity contribution in [3.8, 4) is 5.75 Å². The van der Waals surface area contributed by atoms with E-state index in [0.29, 0.717) is 23.1 Å². The number of fused-ring (bicyclic) bond motifs is 2. The van der Waals surface area contributed by atoms with Crippen molar-refractivity contribution in [2.24, 2.45) is 22.9 Å². The quantitative estimate of drug-likeness (QED) is 0.666. The fourth-order valence-corrected chi connectivity index (χ4v) is 4.20. The number of amides is 1. The number of rotatable bonds is 3. The summed E-state index contributed by atoms with van der Waals surface area (Å²) in [7, 11) is 0. The van der Waals surface area contributed by atoms with E-state index in [1.807, 2.05) is 43.3 Å². The molecule has 2 atom stereocenters. The van der Waals surface area contributed by atoms with Gasteiger partial charge in [0.1, 0.15) is 5.75 Å². The summed E-state index contributed by atoms with van der Waals surface area (Å²) in [5, 5.41) is 16.5. The van der Waals surface area contributed by atoms with E-state index < -0.39 is 0 Å². The van der Waals surface area contributed by atoms with E-state index in [4.69, 9.17) is 0 Å². The fourth-order valence-electron chi connectivity index (χ4n) is 4.20. The maximum Gasteiger partial charge on any atom is 0.243 e. The average Bonchev–Trinajstić information content (AvgIpc) is 3.34. The summed E-state index contributed by atoms with van der Waals surface area (Å²) in [4.78, 5) is 12.3. The maximum absolute atomic E-state index is 12.3. The van der Waals surface area contributed by atoms with Crippen LogP contribution in [0.5, 0.6) is 5.75 Å². The molecule has 2 aliphatic rings. The van der Waals surface area contributed by atoms with Gasteiger partial charge in [-0.25, -0.2) is 5.43 Å². The summed E-state index contributed by atoms with van der Waals surface area (Å²) >= 11 is 0. The summed E-state index contributed by atoms with van der Waals surface area (Å²) in [6.07, 6.45) is 4.85. The van der Waals surface area contributed by atoms with E-state index in [1.165, 1.54) is 25.7 Å². The Labute approximate surface area is 141 Å². The van der Waals surface area contributed by atoms with Crippen LogP contribution in [0.3, 0.4) is 0 Å². The average molecular weight is 322 g/mol. The first-order valence-corrected chi connectivity index (χ1v) is 8.72. The lowest BCUT2D eigenvalue weighted by Gasteiger charge is -2.08. The minimum atomic E-state index is 0.0338. The number of carbonyl (C=O) groups is 1. The molecule has 0 aliphatic heterocycles. The zero-order valence-electron chi connectivity index (χ0n) is 13.8. The predicted molar refractivity (Wildman–Crippen MR) is 94.9 cm³/mol. The molecular formula is C20H22N2O2. The monoisotopic (exact) mass is 322 g/mol.